The van der Waals surface area contributed by atoms with Crippen LogP contribution in [0.5, 0.6) is 0 Å². The van der Waals surface area contributed by atoms with Crippen molar-refractivity contribution in [3.8, 4) is 11.3 Å². The van der Waals surface area contributed by atoms with Crippen molar-refractivity contribution in [1.82, 2.24) is 0 Å². The molecule has 0 fully saturated rings. The van der Waals surface area contributed by atoms with Crippen LogP contribution in [0.1, 0.15) is 34.3 Å². The van der Waals surface area contributed by atoms with E-state index in [-0.39, 0.29) is 11.4 Å². The number of rotatable bonds is 7. The molecule has 0 bridgehead atoms. The van der Waals surface area contributed by atoms with E-state index in [1.165, 1.54) is 18.2 Å². The number of carbonyl (C=O) groups is 2. The minimum absolute atomic E-state index is 0.0275. The average Bonchev–Trinajstić information content (AvgIpc) is 3.23. The van der Waals surface area contributed by atoms with Crippen molar-refractivity contribution in [3.63, 3.8) is 0 Å². The van der Waals surface area contributed by atoms with E-state index in [0.717, 1.165) is 6.42 Å². The van der Waals surface area contributed by atoms with Gasteiger partial charge < -0.3 is 14.5 Å². The summed E-state index contributed by atoms with van der Waals surface area (Å²) >= 11 is 0. The van der Waals surface area contributed by atoms with E-state index < -0.39 is 16.8 Å². The summed E-state index contributed by atoms with van der Waals surface area (Å²) in [4.78, 5) is 34.4. The lowest BCUT2D eigenvalue weighted by Crippen LogP contribution is -2.11. The number of esters is 1. The van der Waals surface area contributed by atoms with Crippen LogP contribution < -0.4 is 5.32 Å². The number of anilines is 1. The smallest absolute Gasteiger partial charge is 0.338 e. The molecule has 8 nitrogen and oxygen atoms in total. The molecule has 148 valence electrons. The first-order valence-corrected chi connectivity index (χ1v) is 8.91. The predicted octanol–water partition coefficient (Wildman–Crippen LogP) is 4.67. The molecule has 1 amide bonds. The molecule has 29 heavy (non-hydrogen) atoms. The molecule has 0 spiro atoms. The van der Waals surface area contributed by atoms with Crippen molar-refractivity contribution < 1.29 is 23.7 Å². The van der Waals surface area contributed by atoms with E-state index in [9.17, 15) is 19.7 Å². The number of amides is 1. The summed E-state index contributed by atoms with van der Waals surface area (Å²) in [6, 6.07) is 15.3. The summed E-state index contributed by atoms with van der Waals surface area (Å²) in [5, 5.41) is 13.4. The molecule has 1 aromatic heterocycles. The molecule has 0 atom stereocenters. The van der Waals surface area contributed by atoms with Crippen molar-refractivity contribution in [2.75, 3.05) is 11.9 Å². The van der Waals surface area contributed by atoms with Gasteiger partial charge in [-0.3, -0.25) is 14.9 Å². The fourth-order valence-corrected chi connectivity index (χ4v) is 2.52. The molecule has 8 heteroatoms. The number of hydrogen-bond donors (Lipinski definition) is 1. The third-order valence-corrected chi connectivity index (χ3v) is 4.01. The van der Waals surface area contributed by atoms with Gasteiger partial charge in [-0.2, -0.15) is 0 Å². The van der Waals surface area contributed by atoms with E-state index in [0.29, 0.717) is 29.2 Å². The van der Waals surface area contributed by atoms with Crippen LogP contribution >= 0.6 is 0 Å². The average molecular weight is 394 g/mol. The van der Waals surface area contributed by atoms with Crippen LogP contribution in [-0.2, 0) is 4.74 Å². The SMILES string of the molecule is CCCOC(=O)c1ccc(NC(=O)c2ccc(-c3ccc([N+](=O)[O-])cc3)o2)cc1. The molecule has 0 aliphatic heterocycles. The molecule has 1 heterocycles. The van der Waals surface area contributed by atoms with Crippen LogP contribution in [0.4, 0.5) is 11.4 Å². The van der Waals surface area contributed by atoms with Crippen LogP contribution in [0.2, 0.25) is 0 Å². The number of hydrogen-bond acceptors (Lipinski definition) is 6. The van der Waals surface area contributed by atoms with Gasteiger partial charge in [-0.15, -0.1) is 0 Å². The van der Waals surface area contributed by atoms with Gasteiger partial charge in [0.05, 0.1) is 17.1 Å². The van der Waals surface area contributed by atoms with Crippen molar-refractivity contribution in [3.05, 3.63) is 82.1 Å². The fourth-order valence-electron chi connectivity index (χ4n) is 2.52. The zero-order chi connectivity index (χ0) is 20.8. The Labute approximate surface area is 166 Å². The minimum atomic E-state index is -0.487. The highest BCUT2D eigenvalue weighted by Crippen LogP contribution is 2.25. The number of furan rings is 1. The number of ether oxygens (including phenoxy) is 1. The number of nitro benzene ring substituents is 1. The topological polar surface area (TPSA) is 112 Å². The molecule has 0 radical (unpaired) electrons. The largest absolute Gasteiger partial charge is 0.462 e. The monoisotopic (exact) mass is 394 g/mol. The minimum Gasteiger partial charge on any atom is -0.462 e. The third kappa shape index (κ3) is 4.86. The van der Waals surface area contributed by atoms with Crippen LogP contribution in [0.3, 0.4) is 0 Å². The second kappa shape index (κ2) is 8.83. The normalized spacial score (nSPS) is 10.4. The van der Waals surface area contributed by atoms with Gasteiger partial charge in [0.15, 0.2) is 5.76 Å². The first-order chi connectivity index (χ1) is 14.0. The number of benzene rings is 2. The highest BCUT2D eigenvalue weighted by Gasteiger charge is 2.14. The van der Waals surface area contributed by atoms with Crippen LogP contribution in [0.15, 0.2) is 65.1 Å². The summed E-state index contributed by atoms with van der Waals surface area (Å²) in [5.74, 6) is -0.369. The van der Waals surface area contributed by atoms with Gasteiger partial charge in [-0.05, 0) is 55.0 Å². The molecule has 0 unspecified atom stereocenters. The Morgan fingerprint density at radius 1 is 1.03 bits per heavy atom. The van der Waals surface area contributed by atoms with Gasteiger partial charge >= 0.3 is 5.97 Å². The Balaban J connectivity index is 1.65. The van der Waals surface area contributed by atoms with Crippen molar-refractivity contribution in [2.24, 2.45) is 0 Å². The highest BCUT2D eigenvalue weighted by molar-refractivity contribution is 6.02. The Bertz CT molecular complexity index is 1020. The molecule has 1 N–H and O–H groups in total. The van der Waals surface area contributed by atoms with Gasteiger partial charge in [0.25, 0.3) is 11.6 Å². The zero-order valence-corrected chi connectivity index (χ0v) is 15.6. The van der Waals surface area contributed by atoms with Crippen molar-refractivity contribution >= 4 is 23.3 Å². The molecule has 0 aliphatic rings. The summed E-state index contributed by atoms with van der Waals surface area (Å²) < 4.78 is 10.6. The first kappa shape index (κ1) is 19.8. The van der Waals surface area contributed by atoms with Gasteiger partial charge in [0.1, 0.15) is 5.76 Å². The number of nitro groups is 1. The number of nitrogens with one attached hydrogen (secondary N) is 1. The van der Waals surface area contributed by atoms with E-state index in [2.05, 4.69) is 5.32 Å². The zero-order valence-electron chi connectivity index (χ0n) is 15.6. The molecule has 2 aromatic carbocycles. The van der Waals surface area contributed by atoms with Gasteiger partial charge in [-0.25, -0.2) is 4.79 Å². The lowest BCUT2D eigenvalue weighted by Gasteiger charge is -2.06. The predicted molar refractivity (Wildman–Crippen MR) is 106 cm³/mol. The van der Waals surface area contributed by atoms with Gasteiger partial charge in [0, 0.05) is 23.4 Å². The molecular formula is C21H18N2O6. The Morgan fingerprint density at radius 2 is 1.72 bits per heavy atom. The first-order valence-electron chi connectivity index (χ1n) is 8.91. The van der Waals surface area contributed by atoms with Gasteiger partial charge in [-0.1, -0.05) is 6.92 Å². The standard InChI is InChI=1S/C21H18N2O6/c1-2-13-28-21(25)15-3-7-16(8-4-15)22-20(24)19-12-11-18(29-19)14-5-9-17(10-6-14)23(26)27/h3-12H,2,13H2,1H3,(H,22,24). The second-order valence-corrected chi connectivity index (χ2v) is 6.14. The van der Waals surface area contributed by atoms with Crippen molar-refractivity contribution in [1.29, 1.82) is 0 Å². The Morgan fingerprint density at radius 3 is 2.34 bits per heavy atom. The summed E-state index contributed by atoms with van der Waals surface area (Å²) in [7, 11) is 0. The van der Waals surface area contributed by atoms with E-state index >= 15 is 0 Å². The van der Waals surface area contributed by atoms with Crippen molar-refractivity contribution in [2.45, 2.75) is 13.3 Å². The Hall–Kier alpha value is -3.94. The summed E-state index contributed by atoms with van der Waals surface area (Å²) in [5.41, 5.74) is 1.48. The lowest BCUT2D eigenvalue weighted by molar-refractivity contribution is -0.384. The molecule has 3 rings (SSSR count). The molecule has 0 saturated heterocycles. The highest BCUT2D eigenvalue weighted by atomic mass is 16.6. The third-order valence-electron chi connectivity index (χ3n) is 4.01. The quantitative estimate of drug-likeness (QED) is 0.354. The molecule has 0 saturated carbocycles. The lowest BCUT2D eigenvalue weighted by atomic mass is 10.1. The van der Waals surface area contributed by atoms with Crippen LogP contribution in [-0.4, -0.2) is 23.4 Å². The summed E-state index contributed by atoms with van der Waals surface area (Å²) in [6.07, 6.45) is 0.741. The maximum Gasteiger partial charge on any atom is 0.338 e. The fraction of sp³-hybridized carbons (Fsp3) is 0.143. The van der Waals surface area contributed by atoms with E-state index in [1.807, 2.05) is 6.92 Å². The van der Waals surface area contributed by atoms with Crippen LogP contribution in [0, 0.1) is 10.1 Å². The maximum atomic E-state index is 12.4. The number of non-ortho nitro benzene ring substituents is 1. The number of nitrogens with zero attached hydrogens (tertiary/aromatic N) is 1. The second-order valence-electron chi connectivity index (χ2n) is 6.14. The summed E-state index contributed by atoms with van der Waals surface area (Å²) in [6.45, 7) is 2.26. The van der Waals surface area contributed by atoms with Crippen LogP contribution in [0.25, 0.3) is 11.3 Å². The van der Waals surface area contributed by atoms with E-state index in [1.54, 1.807) is 42.5 Å². The van der Waals surface area contributed by atoms with Gasteiger partial charge in [0.2, 0.25) is 0 Å². The number of carbonyl (C=O) groups excluding carboxylic acids is 2. The molecule has 0 aliphatic carbocycles. The molecule has 3 aromatic rings. The maximum absolute atomic E-state index is 12.4. The molecular weight excluding hydrogens is 376 g/mol. The van der Waals surface area contributed by atoms with E-state index in [4.69, 9.17) is 9.15 Å². The Kier molecular flexibility index (Phi) is 6.03.